The van der Waals surface area contributed by atoms with Gasteiger partial charge in [-0.15, -0.1) is 0 Å². The molecule has 0 saturated heterocycles. The lowest BCUT2D eigenvalue weighted by atomic mass is 9.75. The molecule has 1 heterocycles. The maximum Gasteiger partial charge on any atom is 0.0565 e. The van der Waals surface area contributed by atoms with E-state index < -0.39 is 0 Å². The highest BCUT2D eigenvalue weighted by atomic mass is 15.2. The summed E-state index contributed by atoms with van der Waals surface area (Å²) in [4.78, 5) is 5.07. The average molecular weight is 988 g/mol. The molecule has 0 saturated carbocycles. The molecule has 0 bridgehead atoms. The molecule has 3 heteroatoms. The monoisotopic (exact) mass is 987 g/mol. The van der Waals surface area contributed by atoms with Crippen molar-refractivity contribution in [3.8, 4) is 27.9 Å². The zero-order valence-corrected chi connectivity index (χ0v) is 43.0. The summed E-state index contributed by atoms with van der Waals surface area (Å²) >= 11 is 0. The number of rotatable bonds is 11. The maximum absolute atomic E-state index is 2.59. The van der Waals surface area contributed by atoms with Crippen LogP contribution in [-0.2, 0) is 0 Å². The van der Waals surface area contributed by atoms with Crippen molar-refractivity contribution < 1.29 is 0 Å². The van der Waals surface area contributed by atoms with Crippen LogP contribution < -0.4 is 9.80 Å². The molecule has 4 aliphatic carbocycles. The van der Waals surface area contributed by atoms with Crippen LogP contribution >= 0.6 is 0 Å². The van der Waals surface area contributed by atoms with Crippen LogP contribution in [0.5, 0.6) is 0 Å². The van der Waals surface area contributed by atoms with Crippen molar-refractivity contribution >= 4 is 61.6 Å². The molecular weight excluding hydrogens is 931 g/mol. The molecule has 0 amide bonds. The van der Waals surface area contributed by atoms with Crippen molar-refractivity contribution in [1.82, 2.24) is 4.57 Å². The van der Waals surface area contributed by atoms with E-state index in [1.54, 1.807) is 0 Å². The Labute approximate surface area is 452 Å². The number of nitrogens with zero attached hydrogens (tertiary/aromatic N) is 3. The van der Waals surface area contributed by atoms with Crippen molar-refractivity contribution in [2.45, 2.75) is 31.6 Å². The summed E-state index contributed by atoms with van der Waals surface area (Å²) in [5.41, 5.74) is 21.9. The number of hydrogen-bond acceptors (Lipinski definition) is 2. The molecule has 0 N–H and O–H groups in total. The summed E-state index contributed by atoms with van der Waals surface area (Å²) in [6, 6.07) is 82.5. The van der Waals surface area contributed by atoms with E-state index in [1.807, 2.05) is 0 Å². The first-order chi connectivity index (χ1) is 38.2. The van der Waals surface area contributed by atoms with E-state index in [2.05, 4.69) is 300 Å². The molecule has 0 aliphatic heterocycles. The number of para-hydroxylation sites is 1. The van der Waals surface area contributed by atoms with E-state index >= 15 is 0 Å². The van der Waals surface area contributed by atoms with Gasteiger partial charge in [0.2, 0.25) is 0 Å². The molecule has 3 nitrogen and oxygen atoms in total. The van der Waals surface area contributed by atoms with Crippen LogP contribution in [0.3, 0.4) is 0 Å². The Bertz CT molecular complexity index is 4040. The average Bonchev–Trinajstić information content (AvgIpc) is 3.97. The molecule has 9 aromatic carbocycles. The van der Waals surface area contributed by atoms with Crippen LogP contribution in [-0.4, -0.2) is 4.57 Å². The number of benzene rings is 9. The number of anilines is 4. The van der Waals surface area contributed by atoms with Crippen molar-refractivity contribution in [3.05, 3.63) is 313 Å². The number of allylic oxidation sites excluding steroid dienone is 12. The van der Waals surface area contributed by atoms with Gasteiger partial charge in [0.1, 0.15) is 0 Å². The van der Waals surface area contributed by atoms with Crippen LogP contribution in [0.15, 0.2) is 291 Å². The van der Waals surface area contributed by atoms with Gasteiger partial charge >= 0.3 is 0 Å². The first-order valence-corrected chi connectivity index (χ1v) is 27.3. The predicted octanol–water partition coefficient (Wildman–Crippen LogP) is 19.8. The van der Waals surface area contributed by atoms with Gasteiger partial charge in [-0.3, -0.25) is 0 Å². The lowest BCUT2D eigenvalue weighted by Crippen LogP contribution is -2.32. The van der Waals surface area contributed by atoms with Crippen molar-refractivity contribution in [3.63, 3.8) is 0 Å². The second-order valence-electron chi connectivity index (χ2n) is 20.6. The maximum atomic E-state index is 2.59. The topological polar surface area (TPSA) is 11.4 Å². The summed E-state index contributed by atoms with van der Waals surface area (Å²) in [6.45, 7) is 0. The fourth-order valence-electron chi connectivity index (χ4n) is 12.4. The molecule has 2 unspecified atom stereocenters. The van der Waals surface area contributed by atoms with Crippen LogP contribution in [0.1, 0.15) is 54.0 Å². The smallest absolute Gasteiger partial charge is 0.0565 e. The molecule has 10 aromatic rings. The van der Waals surface area contributed by atoms with Crippen LogP contribution in [0.2, 0.25) is 0 Å². The highest BCUT2D eigenvalue weighted by Gasteiger charge is 2.39. The number of fused-ring (bicyclic) bond motifs is 7. The van der Waals surface area contributed by atoms with Crippen molar-refractivity contribution in [2.24, 2.45) is 5.92 Å². The molecule has 1 aromatic heterocycles. The molecular formula is C74H57N3. The third-order valence-electron chi connectivity index (χ3n) is 16.1. The van der Waals surface area contributed by atoms with Crippen molar-refractivity contribution in [2.75, 3.05) is 9.80 Å². The van der Waals surface area contributed by atoms with Gasteiger partial charge in [-0.1, -0.05) is 218 Å². The van der Waals surface area contributed by atoms with Gasteiger partial charge in [-0.25, -0.2) is 0 Å². The Morgan fingerprint density at radius 3 is 1.56 bits per heavy atom. The first kappa shape index (κ1) is 46.1. The van der Waals surface area contributed by atoms with Gasteiger partial charge in [0, 0.05) is 56.8 Å². The Morgan fingerprint density at radius 1 is 0.442 bits per heavy atom. The van der Waals surface area contributed by atoms with E-state index in [-0.39, 0.29) is 11.8 Å². The minimum absolute atomic E-state index is 0.0692. The zero-order chi connectivity index (χ0) is 51.1. The zero-order valence-electron chi connectivity index (χ0n) is 43.0. The summed E-state index contributed by atoms with van der Waals surface area (Å²) in [6.07, 6.45) is 27.7. The normalized spacial score (nSPS) is 16.5. The highest BCUT2D eigenvalue weighted by molar-refractivity contribution is 6.17. The largest absolute Gasteiger partial charge is 0.317 e. The fraction of sp³-hybridized carbons (Fsp3) is 0.0811. The van der Waals surface area contributed by atoms with E-state index in [0.717, 1.165) is 54.1 Å². The second kappa shape index (κ2) is 20.0. The van der Waals surface area contributed by atoms with Crippen LogP contribution in [0.4, 0.5) is 22.7 Å². The standard InChI is InChI=1S/C74H57N3/c1-6-20-52(21-7-1)56-34-42-61(43-35-56)75(62-44-36-57(37-45-62)53-22-8-2-9-23-53)69-50-71-73(67-32-18-16-30-65(67)69)74-68-33-19-17-31-66(68)70(51-72(74)77(71)60-28-14-5-15-29-60)76(63-46-38-58(39-47-63)54-24-10-3-11-25-54)64-48-40-59(41-49-64)55-26-12-4-13-27-55/h1-3,5-12,14-36,38-44,46-51,65,67H,4,13,37,45H2. The molecule has 368 valence electrons. The third kappa shape index (κ3) is 8.51. The third-order valence-corrected chi connectivity index (χ3v) is 16.1. The second-order valence-corrected chi connectivity index (χ2v) is 20.6. The van der Waals surface area contributed by atoms with Crippen LogP contribution in [0, 0.1) is 5.92 Å². The Kier molecular flexibility index (Phi) is 12.0. The van der Waals surface area contributed by atoms with Gasteiger partial charge in [-0.05, 0) is 148 Å². The molecule has 2 atom stereocenters. The molecule has 0 fully saturated rings. The molecule has 0 spiro atoms. The minimum atomic E-state index is 0.0692. The van der Waals surface area contributed by atoms with E-state index in [4.69, 9.17) is 0 Å². The predicted molar refractivity (Wildman–Crippen MR) is 326 cm³/mol. The van der Waals surface area contributed by atoms with Gasteiger partial charge < -0.3 is 14.4 Å². The van der Waals surface area contributed by atoms with E-state index in [9.17, 15) is 0 Å². The van der Waals surface area contributed by atoms with Gasteiger partial charge in [0.25, 0.3) is 0 Å². The fourth-order valence-corrected chi connectivity index (χ4v) is 12.4. The van der Waals surface area contributed by atoms with Gasteiger partial charge in [-0.2, -0.15) is 0 Å². The first-order valence-electron chi connectivity index (χ1n) is 27.3. The minimum Gasteiger partial charge on any atom is -0.317 e. The highest BCUT2D eigenvalue weighted by Crippen LogP contribution is 2.53. The lowest BCUT2D eigenvalue weighted by molar-refractivity contribution is 0.634. The summed E-state index contributed by atoms with van der Waals surface area (Å²) in [7, 11) is 0. The van der Waals surface area contributed by atoms with Crippen molar-refractivity contribution in [1.29, 1.82) is 0 Å². The van der Waals surface area contributed by atoms with Crippen LogP contribution in [0.25, 0.3) is 66.8 Å². The molecule has 4 aliphatic rings. The molecule has 77 heavy (non-hydrogen) atoms. The quantitative estimate of drug-likeness (QED) is 0.128. The van der Waals surface area contributed by atoms with E-state index in [0.29, 0.717) is 0 Å². The Morgan fingerprint density at radius 2 is 0.974 bits per heavy atom. The summed E-state index contributed by atoms with van der Waals surface area (Å²) in [5.74, 6) is 0.141. The Balaban J connectivity index is 1.00. The lowest BCUT2D eigenvalue weighted by Gasteiger charge is -2.40. The number of aromatic nitrogens is 1. The van der Waals surface area contributed by atoms with E-state index in [1.165, 1.54) is 88.9 Å². The molecule has 14 rings (SSSR count). The summed E-state index contributed by atoms with van der Waals surface area (Å²) < 4.78 is 2.56. The Hall–Kier alpha value is -9.44. The van der Waals surface area contributed by atoms with Gasteiger partial charge in [0.05, 0.1) is 16.9 Å². The van der Waals surface area contributed by atoms with Gasteiger partial charge in [0.15, 0.2) is 0 Å². The SMILES string of the molecule is C1=CC2C(N(C3=CC=C(c4ccccc4)CC3)c3ccc(-c4ccccc4)cc3)=Cc3c(c4c5ccccc5c(N(c5ccc(C6=CCCC=C6)cc5)c5ccc(-c6ccccc6)cc5)cc4n3-c3ccccc3)C2C=C1. The summed E-state index contributed by atoms with van der Waals surface area (Å²) in [5, 5.41) is 3.74. The molecule has 0 radical (unpaired) electrons. The number of hydrogen-bond donors (Lipinski definition) is 0.